The molecule has 5 rings (SSSR count). The molecular weight excluding hydrogens is 585 g/mol. The van der Waals surface area contributed by atoms with Crippen molar-refractivity contribution in [1.29, 1.82) is 0 Å². The topological polar surface area (TPSA) is 66.5 Å². The van der Waals surface area contributed by atoms with Crippen LogP contribution in [-0.4, -0.2) is 56.6 Å². The second-order valence-electron chi connectivity index (χ2n) is 13.0. The zero-order chi connectivity index (χ0) is 31.5. The summed E-state index contributed by atoms with van der Waals surface area (Å²) in [5.74, 6) is -2.75. The molecule has 0 spiro atoms. The predicted molar refractivity (Wildman–Crippen MR) is 168 cm³/mol. The number of nitrogens with one attached hydrogen (secondary N) is 1. The van der Waals surface area contributed by atoms with Crippen molar-refractivity contribution in [2.24, 2.45) is 17.8 Å². The monoisotopic (exact) mass is 628 g/mol. The van der Waals surface area contributed by atoms with E-state index in [1.165, 1.54) is 6.08 Å². The highest BCUT2D eigenvalue weighted by molar-refractivity contribution is 7.91. The Morgan fingerprint density at radius 1 is 1.00 bits per heavy atom. The number of rotatable bonds is 10. The van der Waals surface area contributed by atoms with Crippen LogP contribution in [-0.2, 0) is 21.1 Å². The Morgan fingerprint density at radius 3 is 2.23 bits per heavy atom. The van der Waals surface area contributed by atoms with Gasteiger partial charge in [-0.2, -0.15) is 0 Å². The minimum Gasteiger partial charge on any atom is -0.350 e. The van der Waals surface area contributed by atoms with Crippen LogP contribution in [0, 0.1) is 17.8 Å². The van der Waals surface area contributed by atoms with Crippen molar-refractivity contribution in [3.63, 3.8) is 0 Å². The number of likely N-dealkylation sites (tertiary alicyclic amines) is 1. The molecule has 1 heterocycles. The Kier molecular flexibility index (Phi) is 10.0. The molecule has 0 radical (unpaired) electrons. The van der Waals surface area contributed by atoms with E-state index in [9.17, 15) is 26.4 Å². The van der Waals surface area contributed by atoms with Crippen LogP contribution in [0.25, 0.3) is 11.1 Å². The maximum atomic E-state index is 13.5. The van der Waals surface area contributed by atoms with Gasteiger partial charge in [-0.15, -0.1) is 0 Å². The van der Waals surface area contributed by atoms with E-state index in [1.807, 2.05) is 50.2 Å². The maximum absolute atomic E-state index is 13.5. The van der Waals surface area contributed by atoms with Crippen molar-refractivity contribution in [1.82, 2.24) is 10.2 Å². The van der Waals surface area contributed by atoms with Crippen LogP contribution in [0.1, 0.15) is 57.9 Å². The summed E-state index contributed by atoms with van der Waals surface area (Å²) >= 11 is 0. The number of halogens is 3. The second-order valence-corrected chi connectivity index (χ2v) is 15.0. The van der Waals surface area contributed by atoms with Gasteiger partial charge in [-0.3, -0.25) is 9.69 Å². The average Bonchev–Trinajstić information content (AvgIpc) is 3.34. The van der Waals surface area contributed by atoms with Crippen molar-refractivity contribution in [2.75, 3.05) is 25.4 Å². The molecule has 1 N–H and O–H groups in total. The van der Waals surface area contributed by atoms with Gasteiger partial charge >= 0.3 is 0 Å². The first kappa shape index (κ1) is 32.5. The quantitative estimate of drug-likeness (QED) is 0.304. The van der Waals surface area contributed by atoms with Crippen LogP contribution in [0.15, 0.2) is 77.0 Å². The van der Waals surface area contributed by atoms with Gasteiger partial charge in [0, 0.05) is 37.9 Å². The molecule has 0 aromatic heterocycles. The van der Waals surface area contributed by atoms with Gasteiger partial charge in [0.15, 0.2) is 9.84 Å². The molecule has 2 aromatic carbocycles. The Balaban J connectivity index is 1.09. The third-order valence-electron chi connectivity index (χ3n) is 9.52. The number of carbonyl (C=O) groups excluding carboxylic acids is 1. The molecule has 3 aliphatic rings. The van der Waals surface area contributed by atoms with E-state index >= 15 is 0 Å². The fraction of sp³-hybridized carbons (Fsp3) is 0.514. The van der Waals surface area contributed by atoms with Crippen LogP contribution in [0.3, 0.4) is 0 Å². The summed E-state index contributed by atoms with van der Waals surface area (Å²) < 4.78 is 66.8. The third-order valence-corrected chi connectivity index (χ3v) is 11.4. The molecule has 1 saturated carbocycles. The molecule has 1 unspecified atom stereocenters. The van der Waals surface area contributed by atoms with Crippen LogP contribution in [0.5, 0.6) is 0 Å². The number of hydrogen-bond acceptors (Lipinski definition) is 4. The van der Waals surface area contributed by atoms with Gasteiger partial charge in [-0.1, -0.05) is 49.4 Å². The van der Waals surface area contributed by atoms with E-state index in [-0.39, 0.29) is 54.2 Å². The molecule has 1 aliphatic heterocycles. The molecule has 2 fully saturated rings. The predicted octanol–water partition coefficient (Wildman–Crippen LogP) is 7.14. The van der Waals surface area contributed by atoms with Crippen LogP contribution >= 0.6 is 0 Å². The van der Waals surface area contributed by atoms with Gasteiger partial charge in [0.2, 0.25) is 5.91 Å². The first-order valence-corrected chi connectivity index (χ1v) is 17.4. The lowest BCUT2D eigenvalue weighted by Gasteiger charge is -2.30. The number of nitrogens with zero attached hydrogens (tertiary/aromatic N) is 1. The number of hydrogen-bond donors (Lipinski definition) is 1. The lowest BCUT2D eigenvalue weighted by atomic mass is 9.82. The van der Waals surface area contributed by atoms with E-state index in [2.05, 4.69) is 5.32 Å². The molecule has 2 aliphatic carbocycles. The average molecular weight is 629 g/mol. The standard InChI is InChI=1S/C35H43F3N2O3S/c1-24-21-31(36)13-16-33(24)25(2)39-34(41)30-9-5-27(6-10-30)22-44(42,43)32-14-11-29(12-15-32)28-7-3-26(4-8-28)17-19-40-20-18-35(37,38)23-40/h3-4,7-8,11-16,24-25,27,30H,5-6,9-10,17-23H2,1-2H3,(H,39,41)/t24?,25-,27?,30?/m1/s1. The Hall–Kier alpha value is -2.91. The SMILES string of the molecule is CC1CC(F)=CC=C1[C@@H](C)NC(=O)C1CCC(CS(=O)(=O)c2ccc(-c3ccc(CCN4CCC(F)(F)C4)cc3)cc2)CC1. The highest BCUT2D eigenvalue weighted by Gasteiger charge is 2.37. The summed E-state index contributed by atoms with van der Waals surface area (Å²) in [6, 6.07) is 14.8. The van der Waals surface area contributed by atoms with Gasteiger partial charge in [0.25, 0.3) is 5.92 Å². The van der Waals surface area contributed by atoms with Crippen molar-refractivity contribution in [2.45, 2.75) is 75.7 Å². The zero-order valence-corrected chi connectivity index (χ0v) is 26.4. The number of sulfone groups is 1. The number of alkyl halides is 2. The molecular formula is C35H43F3N2O3S. The molecule has 2 atom stereocenters. The van der Waals surface area contributed by atoms with E-state index in [0.29, 0.717) is 56.5 Å². The first-order chi connectivity index (χ1) is 20.9. The molecule has 2 aromatic rings. The Labute approximate surface area is 259 Å². The van der Waals surface area contributed by atoms with Crippen LogP contribution < -0.4 is 5.32 Å². The summed E-state index contributed by atoms with van der Waals surface area (Å²) in [6.45, 7) is 4.76. The Bertz CT molecular complexity index is 1480. The number of amides is 1. The molecule has 9 heteroatoms. The van der Waals surface area contributed by atoms with E-state index in [1.54, 1.807) is 23.1 Å². The highest BCUT2D eigenvalue weighted by Crippen LogP contribution is 2.33. The lowest BCUT2D eigenvalue weighted by Crippen LogP contribution is -2.41. The molecule has 238 valence electrons. The summed E-state index contributed by atoms with van der Waals surface area (Å²) in [5, 5.41) is 3.09. The molecule has 0 bridgehead atoms. The summed E-state index contributed by atoms with van der Waals surface area (Å²) in [6.07, 6.45) is 6.91. The molecule has 1 amide bonds. The van der Waals surface area contributed by atoms with Crippen molar-refractivity contribution < 1.29 is 26.4 Å². The minimum absolute atomic E-state index is 0.00895. The van der Waals surface area contributed by atoms with E-state index in [0.717, 1.165) is 22.3 Å². The lowest BCUT2D eigenvalue weighted by molar-refractivity contribution is -0.126. The summed E-state index contributed by atoms with van der Waals surface area (Å²) in [4.78, 5) is 15.0. The normalized spacial score (nSPS) is 24.8. The van der Waals surface area contributed by atoms with E-state index < -0.39 is 15.8 Å². The number of benzene rings is 2. The molecule has 5 nitrogen and oxygen atoms in total. The zero-order valence-electron chi connectivity index (χ0n) is 25.6. The number of allylic oxidation sites excluding steroid dienone is 3. The van der Waals surface area contributed by atoms with Gasteiger partial charge < -0.3 is 5.32 Å². The van der Waals surface area contributed by atoms with Crippen molar-refractivity contribution in [3.05, 3.63) is 77.6 Å². The molecule has 1 saturated heterocycles. The largest absolute Gasteiger partial charge is 0.350 e. The van der Waals surface area contributed by atoms with Crippen LogP contribution in [0.2, 0.25) is 0 Å². The number of carbonyl (C=O) groups is 1. The smallest absolute Gasteiger partial charge is 0.261 e. The molecule has 44 heavy (non-hydrogen) atoms. The highest BCUT2D eigenvalue weighted by atomic mass is 32.2. The third kappa shape index (κ3) is 8.21. The van der Waals surface area contributed by atoms with Gasteiger partial charge in [-0.05, 0) is 91.3 Å². The summed E-state index contributed by atoms with van der Waals surface area (Å²) in [7, 11) is -3.47. The van der Waals surface area contributed by atoms with E-state index in [4.69, 9.17) is 0 Å². The van der Waals surface area contributed by atoms with Crippen molar-refractivity contribution in [3.8, 4) is 11.1 Å². The second kappa shape index (κ2) is 13.6. The van der Waals surface area contributed by atoms with Gasteiger partial charge in [0.1, 0.15) is 5.83 Å². The first-order valence-electron chi connectivity index (χ1n) is 15.8. The van der Waals surface area contributed by atoms with Crippen molar-refractivity contribution >= 4 is 15.7 Å². The van der Waals surface area contributed by atoms with Crippen LogP contribution in [0.4, 0.5) is 13.2 Å². The summed E-state index contributed by atoms with van der Waals surface area (Å²) in [5.41, 5.74) is 3.98. The fourth-order valence-corrected chi connectivity index (χ4v) is 8.51. The Morgan fingerprint density at radius 2 is 1.64 bits per heavy atom. The van der Waals surface area contributed by atoms with Gasteiger partial charge in [0.05, 0.1) is 17.2 Å². The minimum atomic E-state index is -3.47. The van der Waals surface area contributed by atoms with Gasteiger partial charge in [-0.25, -0.2) is 21.6 Å². The maximum Gasteiger partial charge on any atom is 0.261 e. The fourth-order valence-electron chi connectivity index (χ4n) is 6.82.